The van der Waals surface area contributed by atoms with Crippen LogP contribution in [0.5, 0.6) is 0 Å². The minimum Gasteiger partial charge on any atom is -0.480 e. The van der Waals surface area contributed by atoms with Crippen molar-refractivity contribution in [3.05, 3.63) is 0 Å². The molecule has 2 saturated heterocycles. The molecular weight excluding hydrogens is 292 g/mol. The lowest BCUT2D eigenvalue weighted by Crippen LogP contribution is -2.62. The zero-order valence-electron chi connectivity index (χ0n) is 12.8. The summed E-state index contributed by atoms with van der Waals surface area (Å²) in [6.45, 7) is 6.70. The van der Waals surface area contributed by atoms with E-state index < -0.39 is 17.6 Å². The zero-order chi connectivity index (χ0) is 15.7. The van der Waals surface area contributed by atoms with Gasteiger partial charge in [-0.1, -0.05) is 0 Å². The van der Waals surface area contributed by atoms with Crippen LogP contribution in [0, 0.1) is 0 Å². The summed E-state index contributed by atoms with van der Waals surface area (Å²) in [4.78, 5) is 24.8. The molecule has 2 aliphatic heterocycles. The number of nitrogens with one attached hydrogen (secondary N) is 1. The van der Waals surface area contributed by atoms with E-state index >= 15 is 0 Å². The van der Waals surface area contributed by atoms with Crippen molar-refractivity contribution in [3.8, 4) is 0 Å². The van der Waals surface area contributed by atoms with Gasteiger partial charge < -0.3 is 14.7 Å². The molecule has 21 heavy (non-hydrogen) atoms. The van der Waals surface area contributed by atoms with Crippen LogP contribution in [0.2, 0.25) is 0 Å². The van der Waals surface area contributed by atoms with Crippen LogP contribution in [0.15, 0.2) is 0 Å². The molecule has 1 spiro atoms. The largest absolute Gasteiger partial charge is 0.480 e. The Morgan fingerprint density at radius 2 is 2.14 bits per heavy atom. The normalized spacial score (nSPS) is 30.2. The Hall–Kier alpha value is -0.950. The molecule has 2 atom stereocenters. The highest BCUT2D eigenvalue weighted by atomic mass is 32.2. The molecule has 2 heterocycles. The van der Waals surface area contributed by atoms with Crippen LogP contribution in [-0.2, 0) is 9.53 Å². The van der Waals surface area contributed by atoms with Crippen molar-refractivity contribution in [1.82, 2.24) is 10.2 Å². The van der Waals surface area contributed by atoms with E-state index in [1.807, 2.05) is 20.8 Å². The monoisotopic (exact) mass is 316 g/mol. The number of hydrogen-bond donors (Lipinski definition) is 2. The van der Waals surface area contributed by atoms with Gasteiger partial charge in [0.05, 0.1) is 11.4 Å². The fourth-order valence-electron chi connectivity index (χ4n) is 2.73. The van der Waals surface area contributed by atoms with Gasteiger partial charge in [-0.15, -0.1) is 11.8 Å². The van der Waals surface area contributed by atoms with Gasteiger partial charge in [0.25, 0.3) is 0 Å². The topological polar surface area (TPSA) is 78.9 Å². The quantitative estimate of drug-likeness (QED) is 0.769. The molecule has 0 aliphatic carbocycles. The minimum atomic E-state index is -0.816. The van der Waals surface area contributed by atoms with Crippen molar-refractivity contribution in [3.63, 3.8) is 0 Å². The minimum absolute atomic E-state index is 0.318. The zero-order valence-corrected chi connectivity index (χ0v) is 13.7. The highest BCUT2D eigenvalue weighted by Crippen LogP contribution is 2.37. The number of nitrogens with zero attached hydrogens (tertiary/aromatic N) is 1. The molecule has 0 radical (unpaired) electrons. The molecule has 0 aromatic rings. The van der Waals surface area contributed by atoms with Crippen LogP contribution in [0.1, 0.15) is 40.0 Å². The fraction of sp³-hybridized carbons (Fsp3) is 0.857. The predicted molar refractivity (Wildman–Crippen MR) is 81.4 cm³/mol. The van der Waals surface area contributed by atoms with Crippen molar-refractivity contribution in [1.29, 1.82) is 0 Å². The third-order valence-corrected chi connectivity index (χ3v) is 5.07. The van der Waals surface area contributed by atoms with Gasteiger partial charge >= 0.3 is 12.1 Å². The van der Waals surface area contributed by atoms with Gasteiger partial charge in [0, 0.05) is 6.54 Å². The second-order valence-corrected chi connectivity index (χ2v) is 8.15. The molecule has 6 nitrogen and oxygen atoms in total. The molecular formula is C14H24N2O4S. The number of thioether (sulfide) groups is 1. The summed E-state index contributed by atoms with van der Waals surface area (Å²) in [6, 6.07) is -0.523. The summed E-state index contributed by atoms with van der Waals surface area (Å²) in [5, 5.41) is 12.4. The number of rotatable bonds is 1. The van der Waals surface area contributed by atoms with E-state index in [-0.39, 0.29) is 11.0 Å². The molecule has 120 valence electrons. The molecule has 0 aromatic carbocycles. The van der Waals surface area contributed by atoms with Crippen LogP contribution in [0.25, 0.3) is 0 Å². The van der Waals surface area contributed by atoms with Crippen LogP contribution in [0.4, 0.5) is 4.79 Å². The van der Waals surface area contributed by atoms with Gasteiger partial charge in [-0.05, 0) is 45.8 Å². The molecule has 0 aromatic heterocycles. The van der Waals surface area contributed by atoms with Crippen LogP contribution >= 0.6 is 11.8 Å². The first-order valence-corrected chi connectivity index (χ1v) is 8.32. The van der Waals surface area contributed by atoms with E-state index in [1.54, 1.807) is 16.7 Å². The van der Waals surface area contributed by atoms with Crippen molar-refractivity contribution in [2.24, 2.45) is 0 Å². The first-order chi connectivity index (χ1) is 9.71. The van der Waals surface area contributed by atoms with E-state index in [4.69, 9.17) is 4.74 Å². The molecule has 2 fully saturated rings. The number of likely N-dealkylation sites (tertiary alicyclic amines) is 1. The van der Waals surface area contributed by atoms with E-state index in [2.05, 4.69) is 5.32 Å². The lowest BCUT2D eigenvalue weighted by atomic mass is 10.0. The third-order valence-electron chi connectivity index (χ3n) is 3.63. The average Bonchev–Trinajstić information content (AvgIpc) is 2.37. The number of piperidine rings is 1. The van der Waals surface area contributed by atoms with Gasteiger partial charge in [-0.2, -0.15) is 0 Å². The third kappa shape index (κ3) is 4.26. The SMILES string of the molecule is CC(C)(C)OC(=O)N1CCCC2(C1)NC(C(=O)O)CCS2. The summed E-state index contributed by atoms with van der Waals surface area (Å²) in [6.07, 6.45) is 2.03. The van der Waals surface area contributed by atoms with Gasteiger partial charge in [0.2, 0.25) is 0 Å². The first kappa shape index (κ1) is 16.4. The number of carboxylic acids is 1. The Kier molecular flexibility index (Phi) is 4.72. The summed E-state index contributed by atoms with van der Waals surface area (Å²) >= 11 is 1.72. The maximum atomic E-state index is 12.2. The first-order valence-electron chi connectivity index (χ1n) is 7.33. The van der Waals surface area contributed by atoms with Crippen molar-refractivity contribution >= 4 is 23.8 Å². The second kappa shape index (κ2) is 6.04. The number of amides is 1. The lowest BCUT2D eigenvalue weighted by Gasteiger charge is -2.46. The Balaban J connectivity index is 2.02. The van der Waals surface area contributed by atoms with Gasteiger partial charge in [-0.3, -0.25) is 10.1 Å². The van der Waals surface area contributed by atoms with Gasteiger partial charge in [0.15, 0.2) is 0 Å². The predicted octanol–water partition coefficient (Wildman–Crippen LogP) is 1.89. The maximum absolute atomic E-state index is 12.2. The summed E-state index contributed by atoms with van der Waals surface area (Å²) in [7, 11) is 0. The molecule has 0 saturated carbocycles. The number of aliphatic carboxylic acids is 1. The number of carbonyl (C=O) groups excluding carboxylic acids is 1. The molecule has 2 unspecified atom stereocenters. The number of carbonyl (C=O) groups is 2. The fourth-order valence-corrected chi connectivity index (χ4v) is 4.23. The highest BCUT2D eigenvalue weighted by Gasteiger charge is 2.43. The maximum Gasteiger partial charge on any atom is 0.410 e. The van der Waals surface area contributed by atoms with Gasteiger partial charge in [-0.25, -0.2) is 4.79 Å². The number of hydrogen-bond acceptors (Lipinski definition) is 5. The Bertz CT molecular complexity index is 420. The smallest absolute Gasteiger partial charge is 0.410 e. The Morgan fingerprint density at radius 3 is 2.76 bits per heavy atom. The molecule has 1 amide bonds. The number of ether oxygens (including phenoxy) is 1. The molecule has 7 heteroatoms. The van der Waals surface area contributed by atoms with Crippen LogP contribution in [0.3, 0.4) is 0 Å². The van der Waals surface area contributed by atoms with Crippen LogP contribution in [-0.4, -0.2) is 57.4 Å². The number of carboxylic acid groups (broad SMARTS) is 1. The lowest BCUT2D eigenvalue weighted by molar-refractivity contribution is -0.140. The second-order valence-electron chi connectivity index (χ2n) is 6.67. The van der Waals surface area contributed by atoms with Gasteiger partial charge in [0.1, 0.15) is 11.6 Å². The standard InChI is InChI=1S/C14H24N2O4S/c1-13(2,3)20-12(19)16-7-4-6-14(9-16)15-10(11(17)18)5-8-21-14/h10,15H,4-9H2,1-3H3,(H,17,18). The highest BCUT2D eigenvalue weighted by molar-refractivity contribution is 8.00. The summed E-state index contributed by atoms with van der Waals surface area (Å²) in [5.41, 5.74) is -0.515. The van der Waals surface area contributed by atoms with E-state index in [1.165, 1.54) is 0 Å². The van der Waals surface area contributed by atoms with Crippen molar-refractivity contribution < 1.29 is 19.4 Å². The Morgan fingerprint density at radius 1 is 1.43 bits per heavy atom. The molecule has 0 bridgehead atoms. The van der Waals surface area contributed by atoms with Crippen LogP contribution < -0.4 is 5.32 Å². The van der Waals surface area contributed by atoms with Crippen molar-refractivity contribution in [2.45, 2.75) is 56.5 Å². The molecule has 2 aliphatic rings. The van der Waals surface area contributed by atoms with E-state index in [0.717, 1.165) is 18.6 Å². The van der Waals surface area contributed by atoms with Crippen molar-refractivity contribution in [2.75, 3.05) is 18.8 Å². The summed E-state index contributed by atoms with van der Waals surface area (Å²) in [5.74, 6) is -0.0179. The summed E-state index contributed by atoms with van der Waals surface area (Å²) < 4.78 is 5.42. The Labute approximate surface area is 129 Å². The molecule has 2 rings (SSSR count). The van der Waals surface area contributed by atoms with E-state index in [0.29, 0.717) is 19.5 Å². The molecule has 2 N–H and O–H groups in total. The average molecular weight is 316 g/mol. The van der Waals surface area contributed by atoms with E-state index in [9.17, 15) is 14.7 Å².